The Kier molecular flexibility index (Phi) is 35.6. The van der Waals surface area contributed by atoms with Gasteiger partial charge in [-0.25, -0.2) is 0 Å². The SMILES string of the molecule is CCCCCCCCCCCCCCCCCCOP(O)OCCCCCCCCCCCCCCCC. The summed E-state index contributed by atoms with van der Waals surface area (Å²) in [7, 11) is -1.67. The molecule has 0 aliphatic heterocycles. The summed E-state index contributed by atoms with van der Waals surface area (Å²) in [6.07, 6.45) is 41.0. The summed E-state index contributed by atoms with van der Waals surface area (Å²) in [6, 6.07) is 0. The number of rotatable bonds is 34. The van der Waals surface area contributed by atoms with E-state index >= 15 is 0 Å². The van der Waals surface area contributed by atoms with Gasteiger partial charge >= 0.3 is 8.60 Å². The first kappa shape index (κ1) is 38.3. The highest BCUT2D eigenvalue weighted by molar-refractivity contribution is 7.40. The maximum Gasteiger partial charge on any atom is 0.329 e. The fourth-order valence-corrected chi connectivity index (χ4v) is 5.91. The van der Waals surface area contributed by atoms with Crippen molar-refractivity contribution in [1.82, 2.24) is 0 Å². The van der Waals surface area contributed by atoms with Crippen LogP contribution in [0.25, 0.3) is 0 Å². The second-order valence-corrected chi connectivity index (χ2v) is 12.8. The molecule has 0 aromatic heterocycles. The van der Waals surface area contributed by atoms with E-state index in [-0.39, 0.29) is 0 Å². The van der Waals surface area contributed by atoms with Gasteiger partial charge in [0, 0.05) is 0 Å². The quantitative estimate of drug-likeness (QED) is 0.0630. The fourth-order valence-electron chi connectivity index (χ4n) is 5.27. The first-order valence-electron chi connectivity index (χ1n) is 17.6. The van der Waals surface area contributed by atoms with Gasteiger partial charge in [-0.3, -0.25) is 0 Å². The maximum absolute atomic E-state index is 9.90. The summed E-state index contributed by atoms with van der Waals surface area (Å²) in [5.41, 5.74) is 0. The van der Waals surface area contributed by atoms with E-state index in [1.165, 1.54) is 180 Å². The van der Waals surface area contributed by atoms with Gasteiger partial charge in [0.05, 0.1) is 13.2 Å². The standard InChI is InChI=1S/C34H71O3P/c1-3-5-7-9-11-13-15-17-19-20-22-24-26-28-30-32-34-37-38(35)36-33-31-29-27-25-23-21-18-16-14-12-10-8-6-4-2/h35H,3-34H2,1-2H3. The molecule has 0 spiro atoms. The van der Waals surface area contributed by atoms with E-state index in [9.17, 15) is 4.89 Å². The smallest absolute Gasteiger partial charge is 0.328 e. The molecule has 230 valence electrons. The molecule has 1 atom stereocenters. The molecule has 0 radical (unpaired) electrons. The van der Waals surface area contributed by atoms with Crippen LogP contribution in [0.3, 0.4) is 0 Å². The third-order valence-corrected chi connectivity index (χ3v) is 8.71. The molecule has 0 amide bonds. The Labute approximate surface area is 242 Å². The molecule has 0 bridgehead atoms. The second kappa shape index (κ2) is 35.3. The average molecular weight is 559 g/mol. The number of hydrogen-bond acceptors (Lipinski definition) is 3. The van der Waals surface area contributed by atoms with Crippen molar-refractivity contribution in [3.8, 4) is 0 Å². The van der Waals surface area contributed by atoms with Crippen LogP contribution in [0.15, 0.2) is 0 Å². The van der Waals surface area contributed by atoms with Crippen molar-refractivity contribution in [3.05, 3.63) is 0 Å². The lowest BCUT2D eigenvalue weighted by Gasteiger charge is -2.10. The third kappa shape index (κ3) is 34.3. The van der Waals surface area contributed by atoms with E-state index in [4.69, 9.17) is 9.05 Å². The lowest BCUT2D eigenvalue weighted by atomic mass is 10.0. The van der Waals surface area contributed by atoms with Crippen LogP contribution < -0.4 is 0 Å². The Hall–Kier alpha value is 0.310. The molecule has 1 unspecified atom stereocenters. The minimum absolute atomic E-state index is 0.638. The summed E-state index contributed by atoms with van der Waals surface area (Å²) in [6.45, 7) is 5.85. The van der Waals surface area contributed by atoms with Crippen LogP contribution in [-0.2, 0) is 9.05 Å². The van der Waals surface area contributed by atoms with Crippen molar-refractivity contribution in [1.29, 1.82) is 0 Å². The highest BCUT2D eigenvalue weighted by Gasteiger charge is 2.06. The Bertz CT molecular complexity index is 407. The van der Waals surface area contributed by atoms with Gasteiger partial charge in [0.15, 0.2) is 0 Å². The fraction of sp³-hybridized carbons (Fsp3) is 1.00. The molecular weight excluding hydrogens is 487 g/mol. The van der Waals surface area contributed by atoms with Crippen LogP contribution in [0, 0.1) is 0 Å². The van der Waals surface area contributed by atoms with Gasteiger partial charge in [0.1, 0.15) is 0 Å². The molecule has 0 saturated carbocycles. The zero-order valence-corrected chi connectivity index (χ0v) is 27.2. The molecule has 0 rings (SSSR count). The van der Waals surface area contributed by atoms with Gasteiger partial charge in [0.25, 0.3) is 0 Å². The first-order chi connectivity index (χ1) is 18.8. The lowest BCUT2D eigenvalue weighted by molar-refractivity contribution is 0.193. The van der Waals surface area contributed by atoms with Gasteiger partial charge < -0.3 is 13.9 Å². The van der Waals surface area contributed by atoms with Crippen LogP contribution in [-0.4, -0.2) is 18.1 Å². The Morgan fingerprint density at radius 2 is 0.500 bits per heavy atom. The van der Waals surface area contributed by atoms with Crippen molar-refractivity contribution in [2.45, 2.75) is 206 Å². The Morgan fingerprint density at radius 3 is 0.711 bits per heavy atom. The highest BCUT2D eigenvalue weighted by atomic mass is 31.2. The monoisotopic (exact) mass is 559 g/mol. The van der Waals surface area contributed by atoms with Crippen molar-refractivity contribution in [2.75, 3.05) is 13.2 Å². The van der Waals surface area contributed by atoms with Gasteiger partial charge in [-0.1, -0.05) is 194 Å². The van der Waals surface area contributed by atoms with E-state index in [1.54, 1.807) is 0 Å². The minimum Gasteiger partial charge on any atom is -0.328 e. The van der Waals surface area contributed by atoms with Crippen molar-refractivity contribution < 1.29 is 13.9 Å². The first-order valence-corrected chi connectivity index (χ1v) is 18.7. The molecule has 0 aromatic rings. The molecular formula is C34H71O3P. The van der Waals surface area contributed by atoms with Crippen LogP contribution >= 0.6 is 8.60 Å². The molecule has 0 heterocycles. The van der Waals surface area contributed by atoms with E-state index in [0.29, 0.717) is 13.2 Å². The van der Waals surface area contributed by atoms with Crippen LogP contribution in [0.5, 0.6) is 0 Å². The molecule has 38 heavy (non-hydrogen) atoms. The Morgan fingerprint density at radius 1 is 0.316 bits per heavy atom. The predicted molar refractivity (Wildman–Crippen MR) is 171 cm³/mol. The normalized spacial score (nSPS) is 12.4. The number of hydrogen-bond donors (Lipinski definition) is 1. The van der Waals surface area contributed by atoms with Crippen LogP contribution in [0.2, 0.25) is 0 Å². The minimum atomic E-state index is -1.67. The van der Waals surface area contributed by atoms with E-state index in [2.05, 4.69) is 13.8 Å². The summed E-state index contributed by atoms with van der Waals surface area (Å²) in [5, 5.41) is 0. The topological polar surface area (TPSA) is 38.7 Å². The Balaban J connectivity index is 3.13. The zero-order chi connectivity index (χ0) is 27.6. The summed E-state index contributed by atoms with van der Waals surface area (Å²) in [4.78, 5) is 9.90. The molecule has 3 nitrogen and oxygen atoms in total. The van der Waals surface area contributed by atoms with Crippen molar-refractivity contribution in [2.24, 2.45) is 0 Å². The molecule has 4 heteroatoms. The second-order valence-electron chi connectivity index (χ2n) is 11.8. The van der Waals surface area contributed by atoms with Crippen molar-refractivity contribution >= 4 is 8.60 Å². The van der Waals surface area contributed by atoms with E-state index < -0.39 is 8.60 Å². The summed E-state index contributed by atoms with van der Waals surface area (Å²) in [5.74, 6) is 0. The van der Waals surface area contributed by atoms with E-state index in [1.807, 2.05) is 0 Å². The molecule has 0 aromatic carbocycles. The lowest BCUT2D eigenvalue weighted by Crippen LogP contribution is -1.95. The molecule has 0 fully saturated rings. The summed E-state index contributed by atoms with van der Waals surface area (Å²) >= 11 is 0. The van der Waals surface area contributed by atoms with Gasteiger partial charge in [0.2, 0.25) is 0 Å². The summed E-state index contributed by atoms with van der Waals surface area (Å²) < 4.78 is 11.0. The van der Waals surface area contributed by atoms with Crippen LogP contribution in [0.4, 0.5) is 0 Å². The molecule has 0 saturated heterocycles. The highest BCUT2D eigenvalue weighted by Crippen LogP contribution is 2.33. The maximum atomic E-state index is 9.90. The zero-order valence-electron chi connectivity index (χ0n) is 26.3. The average Bonchev–Trinajstić information content (AvgIpc) is 2.92. The predicted octanol–water partition coefficient (Wildman–Crippen LogP) is 13.0. The van der Waals surface area contributed by atoms with Crippen LogP contribution in [0.1, 0.15) is 206 Å². The third-order valence-electron chi connectivity index (χ3n) is 7.90. The van der Waals surface area contributed by atoms with E-state index in [0.717, 1.165) is 12.8 Å². The molecule has 0 aliphatic carbocycles. The molecule has 0 aliphatic rings. The van der Waals surface area contributed by atoms with Crippen molar-refractivity contribution in [3.63, 3.8) is 0 Å². The molecule has 1 N–H and O–H groups in total. The number of unbranched alkanes of at least 4 members (excludes halogenated alkanes) is 28. The van der Waals surface area contributed by atoms with Gasteiger partial charge in [-0.2, -0.15) is 0 Å². The van der Waals surface area contributed by atoms with Gasteiger partial charge in [-0.05, 0) is 12.8 Å². The van der Waals surface area contributed by atoms with Gasteiger partial charge in [-0.15, -0.1) is 0 Å². The largest absolute Gasteiger partial charge is 0.329 e.